The molecule has 0 atom stereocenters. The van der Waals surface area contributed by atoms with Crippen molar-refractivity contribution in [1.29, 1.82) is 0 Å². The molecule has 2 aliphatic heterocycles. The summed E-state index contributed by atoms with van der Waals surface area (Å²) in [7, 11) is 2.07. The maximum Gasteiger partial charge on any atom is 0.254 e. The van der Waals surface area contributed by atoms with Crippen molar-refractivity contribution in [2.24, 2.45) is 7.05 Å². The van der Waals surface area contributed by atoms with Gasteiger partial charge in [-0.05, 0) is 42.0 Å². The van der Waals surface area contributed by atoms with E-state index in [1.807, 2.05) is 29.2 Å². The highest BCUT2D eigenvalue weighted by molar-refractivity contribution is 6.10. The van der Waals surface area contributed by atoms with Crippen molar-refractivity contribution in [3.05, 3.63) is 77.4 Å². The van der Waals surface area contributed by atoms with E-state index in [1.165, 1.54) is 16.5 Å². The van der Waals surface area contributed by atoms with Crippen molar-refractivity contribution in [2.45, 2.75) is 13.1 Å². The summed E-state index contributed by atoms with van der Waals surface area (Å²) in [5.74, 6) is 0.910. The number of hydrogen-bond acceptors (Lipinski definition) is 5. The third-order valence-corrected chi connectivity index (χ3v) is 7.84. The first kappa shape index (κ1) is 24.0. The lowest BCUT2D eigenvalue weighted by molar-refractivity contribution is 0.0733. The third-order valence-electron chi connectivity index (χ3n) is 7.84. The Morgan fingerprint density at radius 1 is 0.892 bits per heavy atom. The summed E-state index contributed by atoms with van der Waals surface area (Å²) in [6, 6.07) is 20.8. The molecule has 0 bridgehead atoms. The molecule has 0 spiro atoms. The van der Waals surface area contributed by atoms with Gasteiger partial charge < -0.3 is 19.3 Å². The molecular formula is C30H34N4O3. The second kappa shape index (κ2) is 10.2. The van der Waals surface area contributed by atoms with Crippen molar-refractivity contribution in [3.63, 3.8) is 0 Å². The maximum atomic E-state index is 13.7. The molecule has 1 saturated heterocycles. The Kier molecular flexibility index (Phi) is 6.59. The molecule has 192 valence electrons. The number of hydrogen-bond donors (Lipinski definition) is 1. The molecule has 7 heteroatoms. The van der Waals surface area contributed by atoms with Gasteiger partial charge in [0.15, 0.2) is 0 Å². The fraction of sp³-hybridized carbons (Fsp3) is 0.367. The predicted octanol–water partition coefficient (Wildman–Crippen LogP) is 3.48. The summed E-state index contributed by atoms with van der Waals surface area (Å²) in [5.41, 5.74) is 5.31. The fourth-order valence-electron chi connectivity index (χ4n) is 5.77. The monoisotopic (exact) mass is 498 g/mol. The number of ether oxygens (including phenoxy) is 1. The molecule has 37 heavy (non-hydrogen) atoms. The molecule has 0 radical (unpaired) electrons. The standard InChI is InChI=1S/C30H34N4O3/c1-31-27-5-3-2-4-25(27)26-19-23(7-8-28(26)31)30(36)34-15-17-37-29-9-6-22(18-24(29)21-34)20-33-12-10-32(11-13-33)14-16-35/h2-9,18-19,35H,10-17,20-21H2,1H3. The number of fused-ring (bicyclic) bond motifs is 4. The molecule has 6 rings (SSSR count). The van der Waals surface area contributed by atoms with E-state index in [0.717, 1.165) is 61.5 Å². The van der Waals surface area contributed by atoms with Crippen LogP contribution in [-0.4, -0.2) is 82.8 Å². The SMILES string of the molecule is Cn1c2ccccc2c2cc(C(=O)N3CCOc4ccc(CN5CCN(CCO)CC5)cc4C3)ccc21. The number of para-hydroxylation sites is 1. The lowest BCUT2D eigenvalue weighted by Gasteiger charge is -2.34. The topological polar surface area (TPSA) is 61.2 Å². The molecular weight excluding hydrogens is 464 g/mol. The highest BCUT2D eigenvalue weighted by Crippen LogP contribution is 2.30. The number of piperazine rings is 1. The van der Waals surface area contributed by atoms with Gasteiger partial charge in [0.1, 0.15) is 12.4 Å². The van der Waals surface area contributed by atoms with Crippen molar-refractivity contribution in [1.82, 2.24) is 19.3 Å². The van der Waals surface area contributed by atoms with Crippen LogP contribution in [0.25, 0.3) is 21.8 Å². The summed E-state index contributed by atoms with van der Waals surface area (Å²) < 4.78 is 8.22. The number of benzene rings is 3. The van der Waals surface area contributed by atoms with E-state index in [4.69, 9.17) is 4.74 Å². The largest absolute Gasteiger partial charge is 0.491 e. The molecule has 4 aromatic rings. The lowest BCUT2D eigenvalue weighted by Crippen LogP contribution is -2.46. The number of carbonyl (C=O) groups excluding carboxylic acids is 1. The smallest absolute Gasteiger partial charge is 0.254 e. The van der Waals surface area contributed by atoms with Crippen LogP contribution in [0.1, 0.15) is 21.5 Å². The van der Waals surface area contributed by atoms with Crippen LogP contribution in [0.15, 0.2) is 60.7 Å². The number of aromatic nitrogens is 1. The van der Waals surface area contributed by atoms with Gasteiger partial charge in [-0.15, -0.1) is 0 Å². The molecule has 3 aromatic carbocycles. The first-order valence-electron chi connectivity index (χ1n) is 13.2. The van der Waals surface area contributed by atoms with Crippen LogP contribution >= 0.6 is 0 Å². The van der Waals surface area contributed by atoms with E-state index in [0.29, 0.717) is 25.3 Å². The van der Waals surface area contributed by atoms with Gasteiger partial charge in [0.05, 0.1) is 13.2 Å². The first-order chi connectivity index (χ1) is 18.1. The number of carbonyl (C=O) groups is 1. The van der Waals surface area contributed by atoms with E-state index in [2.05, 4.69) is 57.8 Å². The summed E-state index contributed by atoms with van der Waals surface area (Å²) in [6.45, 7) is 7.40. The molecule has 1 N–H and O–H groups in total. The third kappa shape index (κ3) is 4.70. The number of rotatable bonds is 5. The van der Waals surface area contributed by atoms with Gasteiger partial charge in [-0.25, -0.2) is 0 Å². The second-order valence-electron chi connectivity index (χ2n) is 10.2. The van der Waals surface area contributed by atoms with Crippen LogP contribution in [0.4, 0.5) is 0 Å². The summed E-state index contributed by atoms with van der Waals surface area (Å²) in [6.07, 6.45) is 0. The van der Waals surface area contributed by atoms with Crippen LogP contribution in [-0.2, 0) is 20.1 Å². The van der Waals surface area contributed by atoms with E-state index >= 15 is 0 Å². The van der Waals surface area contributed by atoms with Crippen LogP contribution in [0, 0.1) is 0 Å². The van der Waals surface area contributed by atoms with Crippen LogP contribution in [0.3, 0.4) is 0 Å². The normalized spacial score (nSPS) is 17.1. The molecule has 0 aliphatic carbocycles. The summed E-state index contributed by atoms with van der Waals surface area (Å²) in [5, 5.41) is 11.5. The number of nitrogens with zero attached hydrogens (tertiary/aromatic N) is 4. The van der Waals surface area contributed by atoms with E-state index < -0.39 is 0 Å². The van der Waals surface area contributed by atoms with Crippen molar-refractivity contribution in [2.75, 3.05) is 52.5 Å². The van der Waals surface area contributed by atoms with Gasteiger partial charge in [-0.1, -0.05) is 24.3 Å². The zero-order chi connectivity index (χ0) is 25.4. The number of β-amino-alcohol motifs (C(OH)–C–C–N with tert-alkyl or cyclic N) is 1. The van der Waals surface area contributed by atoms with Crippen molar-refractivity contribution >= 4 is 27.7 Å². The summed E-state index contributed by atoms with van der Waals surface area (Å²) >= 11 is 0. The van der Waals surface area contributed by atoms with Gasteiger partial charge in [0.25, 0.3) is 5.91 Å². The van der Waals surface area contributed by atoms with E-state index in [-0.39, 0.29) is 12.5 Å². The zero-order valence-corrected chi connectivity index (χ0v) is 21.4. The molecule has 0 saturated carbocycles. The van der Waals surface area contributed by atoms with Gasteiger partial charge in [-0.2, -0.15) is 0 Å². The Labute approximate surface area is 217 Å². The molecule has 1 amide bonds. The Morgan fingerprint density at radius 2 is 1.68 bits per heavy atom. The molecule has 3 heterocycles. The minimum Gasteiger partial charge on any atom is -0.491 e. The quantitative estimate of drug-likeness (QED) is 0.457. The Balaban J connectivity index is 1.20. The number of aliphatic hydroxyl groups excluding tert-OH is 1. The molecule has 1 fully saturated rings. The van der Waals surface area contributed by atoms with Gasteiger partial charge in [-0.3, -0.25) is 14.6 Å². The van der Waals surface area contributed by atoms with Crippen molar-refractivity contribution in [3.8, 4) is 5.75 Å². The van der Waals surface area contributed by atoms with Crippen LogP contribution < -0.4 is 4.74 Å². The minimum atomic E-state index is 0.0386. The predicted molar refractivity (Wildman–Crippen MR) is 146 cm³/mol. The Morgan fingerprint density at radius 3 is 2.51 bits per heavy atom. The molecule has 0 unspecified atom stereocenters. The molecule has 1 aromatic heterocycles. The van der Waals surface area contributed by atoms with E-state index in [1.54, 1.807) is 0 Å². The van der Waals surface area contributed by atoms with Crippen LogP contribution in [0.5, 0.6) is 5.75 Å². The Hall–Kier alpha value is -3.39. The van der Waals surface area contributed by atoms with Gasteiger partial charge in [0.2, 0.25) is 0 Å². The minimum absolute atomic E-state index is 0.0386. The average molecular weight is 499 g/mol. The lowest BCUT2D eigenvalue weighted by atomic mass is 10.1. The number of aliphatic hydroxyl groups is 1. The number of aryl methyl sites for hydroxylation is 1. The second-order valence-corrected chi connectivity index (χ2v) is 10.2. The maximum absolute atomic E-state index is 13.7. The molecule has 7 nitrogen and oxygen atoms in total. The highest BCUT2D eigenvalue weighted by atomic mass is 16.5. The zero-order valence-electron chi connectivity index (χ0n) is 21.4. The van der Waals surface area contributed by atoms with Crippen molar-refractivity contribution < 1.29 is 14.6 Å². The van der Waals surface area contributed by atoms with Gasteiger partial charge >= 0.3 is 0 Å². The van der Waals surface area contributed by atoms with Gasteiger partial charge in [0, 0.05) is 85.8 Å². The fourth-order valence-corrected chi connectivity index (χ4v) is 5.77. The first-order valence-corrected chi connectivity index (χ1v) is 13.2. The average Bonchev–Trinajstić information content (AvgIpc) is 3.06. The summed E-state index contributed by atoms with van der Waals surface area (Å²) in [4.78, 5) is 20.3. The van der Waals surface area contributed by atoms with E-state index in [9.17, 15) is 9.90 Å². The number of amides is 1. The molecule has 2 aliphatic rings. The highest BCUT2D eigenvalue weighted by Gasteiger charge is 2.23. The Bertz CT molecular complexity index is 1440. The van der Waals surface area contributed by atoms with Crippen LogP contribution in [0.2, 0.25) is 0 Å².